The van der Waals surface area contributed by atoms with Gasteiger partial charge in [0.15, 0.2) is 0 Å². The summed E-state index contributed by atoms with van der Waals surface area (Å²) >= 11 is 0. The molecular formula is C19H25N. The van der Waals surface area contributed by atoms with Gasteiger partial charge < -0.3 is 5.32 Å². The van der Waals surface area contributed by atoms with E-state index in [1.807, 2.05) is 20.9 Å². The number of hydrogen-bond donors (Lipinski definition) is 1. The monoisotopic (exact) mass is 267 g/mol. The quantitative estimate of drug-likeness (QED) is 0.849. The fraction of sp³-hybridized carbons (Fsp3) is 0.368. The summed E-state index contributed by atoms with van der Waals surface area (Å²) in [6.07, 6.45) is 12.6. The second-order valence-corrected chi connectivity index (χ2v) is 5.35. The van der Waals surface area contributed by atoms with E-state index in [1.54, 1.807) is 0 Å². The van der Waals surface area contributed by atoms with Crippen LogP contribution in [0.1, 0.15) is 31.4 Å². The van der Waals surface area contributed by atoms with E-state index in [0.717, 1.165) is 0 Å². The number of fused-ring (bicyclic) bond motifs is 1. The Kier molecular flexibility index (Phi) is 4.61. The highest BCUT2D eigenvalue weighted by molar-refractivity contribution is 5.57. The van der Waals surface area contributed by atoms with Crippen LogP contribution in [-0.2, 0) is 0 Å². The maximum Gasteiger partial charge on any atom is 0.0436 e. The predicted molar refractivity (Wildman–Crippen MR) is 88.7 cm³/mol. The summed E-state index contributed by atoms with van der Waals surface area (Å²) in [5.74, 6) is 0.685. The van der Waals surface area contributed by atoms with Gasteiger partial charge in [-0.05, 0) is 31.5 Å². The van der Waals surface area contributed by atoms with E-state index in [1.165, 1.54) is 23.1 Å². The first-order valence-electron chi connectivity index (χ1n) is 7.57. The average molecular weight is 267 g/mol. The van der Waals surface area contributed by atoms with E-state index in [-0.39, 0.29) is 5.54 Å². The third kappa shape index (κ3) is 3.10. The van der Waals surface area contributed by atoms with Crippen LogP contribution in [-0.4, -0.2) is 12.6 Å². The van der Waals surface area contributed by atoms with Crippen LogP contribution in [0.3, 0.4) is 0 Å². The third-order valence-corrected chi connectivity index (χ3v) is 4.00. The van der Waals surface area contributed by atoms with Gasteiger partial charge in [0.05, 0.1) is 0 Å². The third-order valence-electron chi connectivity index (χ3n) is 4.00. The van der Waals surface area contributed by atoms with E-state index < -0.39 is 0 Å². The molecule has 20 heavy (non-hydrogen) atoms. The summed E-state index contributed by atoms with van der Waals surface area (Å²) < 4.78 is 0. The molecule has 1 aromatic rings. The largest absolute Gasteiger partial charge is 0.310 e. The number of likely N-dealkylation sites (N-methyl/N-ethyl adjacent to an activating group) is 1. The van der Waals surface area contributed by atoms with Crippen molar-refractivity contribution >= 4 is 6.08 Å². The minimum atomic E-state index is 0.278. The molecule has 0 saturated heterocycles. The van der Waals surface area contributed by atoms with E-state index >= 15 is 0 Å². The summed E-state index contributed by atoms with van der Waals surface area (Å²) in [4.78, 5) is 0. The minimum absolute atomic E-state index is 0.278. The lowest BCUT2D eigenvalue weighted by Crippen LogP contribution is -2.28. The molecule has 2 aliphatic rings. The SMILES string of the molecule is CC.CNC12C=CC(/C=C/c3cccc(C)c3)=CC1C2. The van der Waals surface area contributed by atoms with Crippen molar-refractivity contribution in [3.8, 4) is 0 Å². The highest BCUT2D eigenvalue weighted by Crippen LogP contribution is 2.48. The molecule has 1 heteroatoms. The second kappa shape index (κ2) is 6.23. The zero-order valence-corrected chi connectivity index (χ0v) is 13.0. The predicted octanol–water partition coefficient (Wildman–Crippen LogP) is 4.51. The molecule has 2 atom stereocenters. The van der Waals surface area contributed by atoms with Crippen LogP contribution in [0.25, 0.3) is 6.08 Å². The molecule has 1 N–H and O–H groups in total. The summed E-state index contributed by atoms with van der Waals surface area (Å²) in [7, 11) is 2.05. The van der Waals surface area contributed by atoms with Gasteiger partial charge in [-0.25, -0.2) is 0 Å². The Labute approximate surface area is 123 Å². The lowest BCUT2D eigenvalue weighted by atomic mass is 10.0. The Morgan fingerprint density at radius 1 is 1.25 bits per heavy atom. The molecule has 1 fully saturated rings. The Hall–Kier alpha value is -1.60. The maximum absolute atomic E-state index is 3.40. The Bertz CT molecular complexity index is 551. The molecule has 2 unspecified atom stereocenters. The lowest BCUT2D eigenvalue weighted by molar-refractivity contribution is 0.633. The first kappa shape index (κ1) is 14.8. The standard InChI is InChI=1S/C17H19N.C2H6/c1-13-4-3-5-14(10-13)6-7-15-8-9-17(18-2)12-16(17)11-15;1-2/h3-11,16,18H,12H2,1-2H3;1-2H3/b7-6+;. The molecule has 106 valence electrons. The van der Waals surface area contributed by atoms with Crippen molar-refractivity contribution < 1.29 is 0 Å². The van der Waals surface area contributed by atoms with E-state index in [9.17, 15) is 0 Å². The molecule has 0 aromatic heterocycles. The minimum Gasteiger partial charge on any atom is -0.310 e. The number of aryl methyl sites for hydroxylation is 1. The van der Waals surface area contributed by atoms with E-state index in [2.05, 4.69) is 66.9 Å². The summed E-state index contributed by atoms with van der Waals surface area (Å²) in [6, 6.07) is 8.58. The topological polar surface area (TPSA) is 12.0 Å². The first-order chi connectivity index (χ1) is 9.72. The highest BCUT2D eigenvalue weighted by atomic mass is 15.0. The van der Waals surface area contributed by atoms with Crippen LogP contribution in [0.4, 0.5) is 0 Å². The molecule has 0 amide bonds. The van der Waals surface area contributed by atoms with Crippen molar-refractivity contribution in [3.05, 3.63) is 65.3 Å². The zero-order valence-electron chi connectivity index (χ0n) is 13.0. The van der Waals surface area contributed by atoms with Crippen molar-refractivity contribution in [2.24, 2.45) is 5.92 Å². The van der Waals surface area contributed by atoms with Gasteiger partial charge in [0, 0.05) is 11.5 Å². The average Bonchev–Trinajstić information content (AvgIpc) is 3.21. The molecule has 0 bridgehead atoms. The number of hydrogen-bond acceptors (Lipinski definition) is 1. The van der Waals surface area contributed by atoms with Gasteiger partial charge in [-0.15, -0.1) is 0 Å². The van der Waals surface area contributed by atoms with Gasteiger partial charge in [-0.2, -0.15) is 0 Å². The highest BCUT2D eigenvalue weighted by Gasteiger charge is 2.50. The Balaban J connectivity index is 0.000000704. The molecular weight excluding hydrogens is 242 g/mol. The van der Waals surface area contributed by atoms with Crippen LogP contribution in [0, 0.1) is 12.8 Å². The fourth-order valence-electron chi connectivity index (χ4n) is 2.69. The molecule has 2 aliphatic carbocycles. The number of rotatable bonds is 3. The Morgan fingerprint density at radius 2 is 2.05 bits per heavy atom. The van der Waals surface area contributed by atoms with Gasteiger partial charge in [0.25, 0.3) is 0 Å². The van der Waals surface area contributed by atoms with Gasteiger partial charge in [0.2, 0.25) is 0 Å². The molecule has 0 spiro atoms. The normalized spacial score (nSPS) is 26.6. The second-order valence-electron chi connectivity index (χ2n) is 5.35. The van der Waals surface area contributed by atoms with Crippen LogP contribution in [0.5, 0.6) is 0 Å². The van der Waals surface area contributed by atoms with Gasteiger partial charge in [-0.3, -0.25) is 0 Å². The molecule has 1 aromatic carbocycles. The molecule has 0 radical (unpaired) electrons. The van der Waals surface area contributed by atoms with Gasteiger partial charge in [0.1, 0.15) is 0 Å². The molecule has 1 nitrogen and oxygen atoms in total. The van der Waals surface area contributed by atoms with E-state index in [0.29, 0.717) is 5.92 Å². The number of nitrogens with one attached hydrogen (secondary N) is 1. The van der Waals surface area contributed by atoms with Gasteiger partial charge >= 0.3 is 0 Å². The smallest absolute Gasteiger partial charge is 0.0436 e. The molecule has 1 saturated carbocycles. The summed E-state index contributed by atoms with van der Waals surface area (Å²) in [5.41, 5.74) is 4.18. The molecule has 0 aliphatic heterocycles. The van der Waals surface area contributed by atoms with Crippen LogP contribution < -0.4 is 5.32 Å². The first-order valence-corrected chi connectivity index (χ1v) is 7.57. The van der Waals surface area contributed by atoms with Crippen molar-refractivity contribution in [2.75, 3.05) is 7.05 Å². The number of benzene rings is 1. The number of allylic oxidation sites excluding steroid dienone is 3. The van der Waals surface area contributed by atoms with E-state index in [4.69, 9.17) is 0 Å². The maximum atomic E-state index is 3.40. The summed E-state index contributed by atoms with van der Waals surface area (Å²) in [5, 5.41) is 3.40. The van der Waals surface area contributed by atoms with Gasteiger partial charge in [-0.1, -0.05) is 74.1 Å². The van der Waals surface area contributed by atoms with Crippen LogP contribution >= 0.6 is 0 Å². The molecule has 0 heterocycles. The fourth-order valence-corrected chi connectivity index (χ4v) is 2.69. The Morgan fingerprint density at radius 3 is 2.70 bits per heavy atom. The van der Waals surface area contributed by atoms with Crippen molar-refractivity contribution in [1.82, 2.24) is 5.32 Å². The van der Waals surface area contributed by atoms with Crippen molar-refractivity contribution in [3.63, 3.8) is 0 Å². The summed E-state index contributed by atoms with van der Waals surface area (Å²) in [6.45, 7) is 6.13. The molecule has 3 rings (SSSR count). The van der Waals surface area contributed by atoms with Crippen molar-refractivity contribution in [1.29, 1.82) is 0 Å². The lowest BCUT2D eigenvalue weighted by Gasteiger charge is -2.13. The van der Waals surface area contributed by atoms with Crippen LogP contribution in [0.2, 0.25) is 0 Å². The van der Waals surface area contributed by atoms with Crippen molar-refractivity contribution in [2.45, 2.75) is 32.7 Å². The van der Waals surface area contributed by atoms with Crippen LogP contribution in [0.15, 0.2) is 54.1 Å². The zero-order chi connectivity index (χ0) is 14.6.